The van der Waals surface area contributed by atoms with Gasteiger partial charge in [0.2, 0.25) is 10.0 Å². The Balaban J connectivity index is 1.54. The van der Waals surface area contributed by atoms with Crippen LogP contribution in [0.15, 0.2) is 53.4 Å². The van der Waals surface area contributed by atoms with E-state index in [1.807, 2.05) is 18.2 Å². The monoisotopic (exact) mass is 470 g/mol. The number of ether oxygens (including phenoxy) is 1. The molecule has 2 aliphatic rings. The molecule has 2 aliphatic heterocycles. The van der Waals surface area contributed by atoms with Crippen LogP contribution in [-0.4, -0.2) is 51.5 Å². The highest BCUT2D eigenvalue weighted by Crippen LogP contribution is 2.34. The summed E-state index contributed by atoms with van der Waals surface area (Å²) in [6, 6.07) is 15.2. The summed E-state index contributed by atoms with van der Waals surface area (Å²) in [5, 5.41) is 3.09. The fourth-order valence-electron chi connectivity index (χ4n) is 4.91. The molecule has 2 fully saturated rings. The molecule has 0 radical (unpaired) electrons. The molecule has 0 spiro atoms. The minimum absolute atomic E-state index is 0.180. The Hall–Kier alpha value is -2.22. The molecule has 2 aromatic rings. The molecule has 1 N–H and O–H groups in total. The zero-order valence-electron chi connectivity index (χ0n) is 19.4. The molecule has 2 saturated heterocycles. The van der Waals surface area contributed by atoms with E-state index >= 15 is 0 Å². The summed E-state index contributed by atoms with van der Waals surface area (Å²) in [4.78, 5) is 13.4. The van der Waals surface area contributed by atoms with Gasteiger partial charge in [-0.3, -0.25) is 4.79 Å². The summed E-state index contributed by atoms with van der Waals surface area (Å²) < 4.78 is 33.9. The molecule has 33 heavy (non-hydrogen) atoms. The number of sulfonamides is 1. The number of nitrogens with zero attached hydrogens (tertiary/aromatic N) is 1. The molecule has 7 heteroatoms. The van der Waals surface area contributed by atoms with Gasteiger partial charge in [0.15, 0.2) is 0 Å². The molecule has 2 aromatic carbocycles. The van der Waals surface area contributed by atoms with E-state index in [2.05, 4.69) is 17.4 Å². The molecule has 178 valence electrons. The van der Waals surface area contributed by atoms with Crippen LogP contribution in [0.4, 0.5) is 0 Å². The lowest BCUT2D eigenvalue weighted by atomic mass is 9.74. The minimum atomic E-state index is -3.63. The van der Waals surface area contributed by atoms with Crippen LogP contribution in [0.25, 0.3) is 0 Å². The highest BCUT2D eigenvalue weighted by molar-refractivity contribution is 7.89. The molecule has 0 saturated carbocycles. The summed E-state index contributed by atoms with van der Waals surface area (Å²) in [7, 11) is -3.63. The molecule has 1 amide bonds. The van der Waals surface area contributed by atoms with Gasteiger partial charge in [-0.15, -0.1) is 0 Å². The van der Waals surface area contributed by atoms with Crippen molar-refractivity contribution in [2.45, 2.75) is 55.8 Å². The molecular formula is C26H34N2O4S. The lowest BCUT2D eigenvalue weighted by molar-refractivity contribution is 0.0487. The lowest BCUT2D eigenvalue weighted by Gasteiger charge is -2.38. The van der Waals surface area contributed by atoms with E-state index in [1.165, 1.54) is 5.56 Å². The zero-order valence-corrected chi connectivity index (χ0v) is 20.2. The molecule has 0 atom stereocenters. The topological polar surface area (TPSA) is 75.7 Å². The first kappa shape index (κ1) is 23.9. The van der Waals surface area contributed by atoms with Gasteiger partial charge in [0.1, 0.15) is 0 Å². The van der Waals surface area contributed by atoms with Gasteiger partial charge in [-0.05, 0) is 55.9 Å². The van der Waals surface area contributed by atoms with Crippen molar-refractivity contribution < 1.29 is 17.9 Å². The van der Waals surface area contributed by atoms with Crippen molar-refractivity contribution in [3.8, 4) is 0 Å². The third kappa shape index (κ3) is 5.31. The quantitative estimate of drug-likeness (QED) is 0.691. The number of carbonyl (C=O) groups is 1. The summed E-state index contributed by atoms with van der Waals surface area (Å²) in [5.41, 5.74) is 2.06. The van der Waals surface area contributed by atoms with Gasteiger partial charge < -0.3 is 10.1 Å². The molecular weight excluding hydrogens is 436 g/mol. The van der Waals surface area contributed by atoms with Crippen molar-refractivity contribution >= 4 is 15.9 Å². The number of benzene rings is 2. The summed E-state index contributed by atoms with van der Waals surface area (Å²) >= 11 is 0. The Morgan fingerprint density at radius 2 is 1.67 bits per heavy atom. The van der Waals surface area contributed by atoms with E-state index in [-0.39, 0.29) is 16.2 Å². The average molecular weight is 471 g/mol. The van der Waals surface area contributed by atoms with Crippen molar-refractivity contribution in [2.75, 3.05) is 32.8 Å². The third-order valence-electron chi connectivity index (χ3n) is 7.06. The second kappa shape index (κ2) is 10.4. The highest BCUT2D eigenvalue weighted by Gasteiger charge is 2.35. The van der Waals surface area contributed by atoms with E-state index in [9.17, 15) is 13.2 Å². The highest BCUT2D eigenvalue weighted by atomic mass is 32.2. The van der Waals surface area contributed by atoms with Crippen LogP contribution in [-0.2, 0) is 20.2 Å². The molecule has 0 aliphatic carbocycles. The SMILES string of the molecule is Cc1ccc(C(=O)NCC2(c3ccccc3)CCOCC2)cc1S(=O)(=O)N1CCCCCC1. The van der Waals surface area contributed by atoms with E-state index in [0.29, 0.717) is 44.0 Å². The first-order valence-corrected chi connectivity index (χ1v) is 13.4. The minimum Gasteiger partial charge on any atom is -0.381 e. The number of carbonyl (C=O) groups excluding carboxylic acids is 1. The summed E-state index contributed by atoms with van der Waals surface area (Å²) in [5.74, 6) is -0.246. The van der Waals surface area contributed by atoms with Gasteiger partial charge in [0.25, 0.3) is 5.91 Å². The fraction of sp³-hybridized carbons (Fsp3) is 0.500. The average Bonchev–Trinajstić information content (AvgIpc) is 3.14. The molecule has 2 heterocycles. The van der Waals surface area contributed by atoms with Gasteiger partial charge in [-0.2, -0.15) is 4.31 Å². The fourth-order valence-corrected chi connectivity index (χ4v) is 6.68. The number of nitrogens with one attached hydrogen (secondary N) is 1. The van der Waals surface area contributed by atoms with Crippen molar-refractivity contribution in [1.29, 1.82) is 0 Å². The molecule has 0 unspecified atom stereocenters. The van der Waals surface area contributed by atoms with Crippen molar-refractivity contribution in [3.63, 3.8) is 0 Å². The van der Waals surface area contributed by atoms with Crippen molar-refractivity contribution in [3.05, 3.63) is 65.2 Å². The maximum atomic E-state index is 13.4. The maximum absolute atomic E-state index is 13.4. The van der Waals surface area contributed by atoms with Crippen molar-refractivity contribution in [1.82, 2.24) is 9.62 Å². The number of aryl methyl sites for hydroxylation is 1. The van der Waals surface area contributed by atoms with Crippen LogP contribution in [0.2, 0.25) is 0 Å². The zero-order chi connectivity index (χ0) is 23.3. The predicted molar refractivity (Wildman–Crippen MR) is 129 cm³/mol. The first-order valence-electron chi connectivity index (χ1n) is 11.9. The van der Waals surface area contributed by atoms with E-state index in [1.54, 1.807) is 29.4 Å². The number of amides is 1. The van der Waals surface area contributed by atoms with Gasteiger partial charge >= 0.3 is 0 Å². The second-order valence-electron chi connectivity index (χ2n) is 9.24. The molecule has 6 nitrogen and oxygen atoms in total. The van der Waals surface area contributed by atoms with Crippen LogP contribution in [0, 0.1) is 6.92 Å². The van der Waals surface area contributed by atoms with Gasteiger partial charge in [-0.1, -0.05) is 49.2 Å². The largest absolute Gasteiger partial charge is 0.381 e. The smallest absolute Gasteiger partial charge is 0.251 e. The number of rotatable bonds is 6. The van der Waals surface area contributed by atoms with Gasteiger partial charge in [0.05, 0.1) is 4.90 Å². The van der Waals surface area contributed by atoms with Crippen molar-refractivity contribution in [2.24, 2.45) is 0 Å². The van der Waals surface area contributed by atoms with Crippen LogP contribution in [0.5, 0.6) is 0 Å². The number of hydrogen-bond acceptors (Lipinski definition) is 4. The summed E-state index contributed by atoms with van der Waals surface area (Å²) in [6.07, 6.45) is 5.54. The maximum Gasteiger partial charge on any atom is 0.251 e. The number of hydrogen-bond donors (Lipinski definition) is 1. The Labute approximate surface area is 197 Å². The Bertz CT molecular complexity index is 1050. The summed E-state index contributed by atoms with van der Waals surface area (Å²) in [6.45, 7) is 4.68. The van der Waals surface area contributed by atoms with E-state index in [4.69, 9.17) is 4.74 Å². The Morgan fingerprint density at radius 3 is 2.33 bits per heavy atom. The Morgan fingerprint density at radius 1 is 1.00 bits per heavy atom. The predicted octanol–water partition coefficient (Wildman–Crippen LogP) is 4.04. The molecule has 0 aromatic heterocycles. The Kier molecular flexibility index (Phi) is 7.51. The normalized spacial score (nSPS) is 19.5. The van der Waals surface area contributed by atoms with Gasteiger partial charge in [0, 0.05) is 43.8 Å². The van der Waals surface area contributed by atoms with Crippen LogP contribution in [0.1, 0.15) is 60.0 Å². The lowest BCUT2D eigenvalue weighted by Crippen LogP contribution is -2.44. The molecule has 4 rings (SSSR count). The second-order valence-corrected chi connectivity index (χ2v) is 11.1. The molecule has 0 bridgehead atoms. The van der Waals surface area contributed by atoms with Gasteiger partial charge in [-0.25, -0.2) is 8.42 Å². The standard InChI is InChI=1S/C26H34N2O4S/c1-21-11-12-22(19-24(21)33(30,31)28-15-7-2-3-8-16-28)25(29)27-20-26(13-17-32-18-14-26)23-9-5-4-6-10-23/h4-6,9-12,19H,2-3,7-8,13-18,20H2,1H3,(H,27,29). The van der Waals surface area contributed by atoms with E-state index in [0.717, 1.165) is 38.5 Å². The third-order valence-corrected chi connectivity index (χ3v) is 9.10. The van der Waals surface area contributed by atoms with Crippen LogP contribution >= 0.6 is 0 Å². The first-order chi connectivity index (χ1) is 15.9. The van der Waals surface area contributed by atoms with E-state index < -0.39 is 10.0 Å². The van der Waals surface area contributed by atoms with Crippen LogP contribution in [0.3, 0.4) is 0 Å². The van der Waals surface area contributed by atoms with Crippen LogP contribution < -0.4 is 5.32 Å².